The first-order chi connectivity index (χ1) is 12.2. The molecule has 3 rings (SSSR count). The molecule has 1 heterocycles. The molecule has 0 aliphatic rings. The van der Waals surface area contributed by atoms with Crippen LogP contribution in [0.15, 0.2) is 47.4 Å². The number of halogens is 1. The quantitative estimate of drug-likeness (QED) is 0.723. The SMILES string of the molecule is C[C@@H](c1ccc(S(N)(=O)=O)cc1)N(C)Cc1nc2cc(Cl)ccc2n1C. The number of aromatic nitrogens is 2. The van der Waals surface area contributed by atoms with Crippen LogP contribution in [-0.2, 0) is 23.6 Å². The van der Waals surface area contributed by atoms with Gasteiger partial charge < -0.3 is 4.57 Å². The lowest BCUT2D eigenvalue weighted by Gasteiger charge is -2.25. The van der Waals surface area contributed by atoms with Gasteiger partial charge in [0, 0.05) is 18.1 Å². The summed E-state index contributed by atoms with van der Waals surface area (Å²) in [7, 11) is 0.313. The molecule has 0 fully saturated rings. The molecule has 0 amide bonds. The van der Waals surface area contributed by atoms with Crippen LogP contribution in [0.2, 0.25) is 5.02 Å². The Morgan fingerprint density at radius 3 is 2.50 bits per heavy atom. The second-order valence-electron chi connectivity index (χ2n) is 6.43. The highest BCUT2D eigenvalue weighted by atomic mass is 35.5. The zero-order chi connectivity index (χ0) is 19.1. The van der Waals surface area contributed by atoms with Crippen LogP contribution in [0.5, 0.6) is 0 Å². The lowest BCUT2D eigenvalue weighted by atomic mass is 10.1. The van der Waals surface area contributed by atoms with E-state index >= 15 is 0 Å². The molecule has 1 atom stereocenters. The highest BCUT2D eigenvalue weighted by Gasteiger charge is 2.17. The molecule has 0 saturated carbocycles. The molecule has 0 aliphatic carbocycles. The van der Waals surface area contributed by atoms with E-state index in [4.69, 9.17) is 16.7 Å². The molecule has 8 heteroatoms. The minimum atomic E-state index is -3.68. The number of fused-ring (bicyclic) bond motifs is 1. The maximum absolute atomic E-state index is 11.4. The zero-order valence-electron chi connectivity index (χ0n) is 14.8. The van der Waals surface area contributed by atoms with Gasteiger partial charge in [-0.25, -0.2) is 18.5 Å². The van der Waals surface area contributed by atoms with Gasteiger partial charge in [0.1, 0.15) is 5.82 Å². The van der Waals surface area contributed by atoms with Crippen molar-refractivity contribution in [3.8, 4) is 0 Å². The van der Waals surface area contributed by atoms with Gasteiger partial charge in [-0.3, -0.25) is 4.90 Å². The maximum atomic E-state index is 11.4. The van der Waals surface area contributed by atoms with E-state index in [0.29, 0.717) is 11.6 Å². The van der Waals surface area contributed by atoms with Crippen molar-refractivity contribution in [3.05, 3.63) is 58.9 Å². The predicted octanol–water partition coefficient (Wildman–Crippen LogP) is 3.07. The predicted molar refractivity (Wildman–Crippen MR) is 103 cm³/mol. The number of imidazole rings is 1. The van der Waals surface area contributed by atoms with E-state index < -0.39 is 10.0 Å². The Bertz CT molecular complexity index is 1040. The molecule has 0 radical (unpaired) electrons. The highest BCUT2D eigenvalue weighted by molar-refractivity contribution is 7.89. The van der Waals surface area contributed by atoms with Crippen molar-refractivity contribution in [3.63, 3.8) is 0 Å². The van der Waals surface area contributed by atoms with Gasteiger partial charge in [-0.2, -0.15) is 0 Å². The average molecular weight is 393 g/mol. The van der Waals surface area contributed by atoms with E-state index in [9.17, 15) is 8.42 Å². The first-order valence-corrected chi connectivity index (χ1v) is 10.0. The normalized spacial score (nSPS) is 13.5. The highest BCUT2D eigenvalue weighted by Crippen LogP contribution is 2.24. The number of nitrogens with two attached hydrogens (primary N) is 1. The van der Waals surface area contributed by atoms with E-state index in [1.807, 2.05) is 32.3 Å². The summed E-state index contributed by atoms with van der Waals surface area (Å²) in [6, 6.07) is 12.4. The Balaban J connectivity index is 1.81. The smallest absolute Gasteiger partial charge is 0.238 e. The van der Waals surface area contributed by atoms with E-state index in [1.165, 1.54) is 12.1 Å². The van der Waals surface area contributed by atoms with Crippen molar-refractivity contribution in [1.29, 1.82) is 0 Å². The van der Waals surface area contributed by atoms with Crippen LogP contribution in [0.3, 0.4) is 0 Å². The summed E-state index contributed by atoms with van der Waals surface area (Å²) in [5.74, 6) is 0.928. The topological polar surface area (TPSA) is 81.2 Å². The molecule has 26 heavy (non-hydrogen) atoms. The van der Waals surface area contributed by atoms with Crippen LogP contribution in [0.25, 0.3) is 11.0 Å². The third kappa shape index (κ3) is 3.76. The lowest BCUT2D eigenvalue weighted by molar-refractivity contribution is 0.245. The number of aryl methyl sites for hydroxylation is 1. The van der Waals surface area contributed by atoms with Crippen LogP contribution >= 0.6 is 11.6 Å². The minimum absolute atomic E-state index is 0.0768. The van der Waals surface area contributed by atoms with Crippen molar-refractivity contribution in [2.24, 2.45) is 12.2 Å². The largest absolute Gasteiger partial charge is 0.330 e. The summed E-state index contributed by atoms with van der Waals surface area (Å²) < 4.78 is 24.8. The minimum Gasteiger partial charge on any atom is -0.330 e. The standard InChI is InChI=1S/C18H21ClN4O2S/c1-12(13-4-7-15(8-5-13)26(20,24)25)22(2)11-18-21-16-10-14(19)6-9-17(16)23(18)3/h4-10,12H,11H2,1-3H3,(H2,20,24,25)/t12-/m0/s1. The molecule has 2 N–H and O–H groups in total. The van der Waals surface area contributed by atoms with Crippen molar-refractivity contribution in [2.75, 3.05) is 7.05 Å². The molecule has 6 nitrogen and oxygen atoms in total. The monoisotopic (exact) mass is 392 g/mol. The number of hydrogen-bond donors (Lipinski definition) is 1. The van der Waals surface area contributed by atoms with E-state index in [1.54, 1.807) is 12.1 Å². The lowest BCUT2D eigenvalue weighted by Crippen LogP contribution is -2.23. The van der Waals surface area contributed by atoms with E-state index in [2.05, 4.69) is 21.4 Å². The van der Waals surface area contributed by atoms with Crippen molar-refractivity contribution in [1.82, 2.24) is 14.5 Å². The third-order valence-electron chi connectivity index (χ3n) is 4.68. The summed E-state index contributed by atoms with van der Waals surface area (Å²) in [5, 5.41) is 5.82. The fraction of sp³-hybridized carbons (Fsp3) is 0.278. The Morgan fingerprint density at radius 2 is 1.88 bits per heavy atom. The van der Waals surface area contributed by atoms with Crippen LogP contribution in [0.1, 0.15) is 24.4 Å². The molecular weight excluding hydrogens is 372 g/mol. The molecular formula is C18H21ClN4O2S. The fourth-order valence-corrected chi connectivity index (χ4v) is 3.60. The number of sulfonamides is 1. The average Bonchev–Trinajstić information content (AvgIpc) is 2.88. The van der Waals surface area contributed by atoms with Gasteiger partial charge in [0.05, 0.1) is 22.5 Å². The molecule has 1 aromatic heterocycles. The molecule has 0 unspecified atom stereocenters. The van der Waals surface area contributed by atoms with Gasteiger partial charge in [0.15, 0.2) is 0 Å². The maximum Gasteiger partial charge on any atom is 0.238 e. The molecule has 0 spiro atoms. The summed E-state index contributed by atoms with van der Waals surface area (Å²) in [4.78, 5) is 6.94. The molecule has 138 valence electrons. The summed E-state index contributed by atoms with van der Waals surface area (Å²) in [6.07, 6.45) is 0. The van der Waals surface area contributed by atoms with Crippen LogP contribution < -0.4 is 5.14 Å². The number of rotatable bonds is 5. The van der Waals surface area contributed by atoms with Gasteiger partial charge in [-0.1, -0.05) is 23.7 Å². The first-order valence-electron chi connectivity index (χ1n) is 8.10. The Hall–Kier alpha value is -1.93. The molecule has 2 aromatic carbocycles. The zero-order valence-corrected chi connectivity index (χ0v) is 16.4. The summed E-state index contributed by atoms with van der Waals surface area (Å²) in [5.41, 5.74) is 2.90. The van der Waals surface area contributed by atoms with Crippen LogP contribution in [0.4, 0.5) is 0 Å². The number of nitrogens with zero attached hydrogens (tertiary/aromatic N) is 3. The van der Waals surface area contributed by atoms with E-state index in [0.717, 1.165) is 22.4 Å². The van der Waals surface area contributed by atoms with Crippen LogP contribution in [0, 0.1) is 0 Å². The van der Waals surface area contributed by atoms with Crippen LogP contribution in [-0.4, -0.2) is 29.9 Å². The first kappa shape index (κ1) is 18.8. The molecule has 0 saturated heterocycles. The number of primary sulfonamides is 1. The van der Waals surface area contributed by atoms with Gasteiger partial charge in [-0.05, 0) is 49.9 Å². The molecule has 3 aromatic rings. The van der Waals surface area contributed by atoms with Crippen molar-refractivity contribution >= 4 is 32.7 Å². The Morgan fingerprint density at radius 1 is 1.23 bits per heavy atom. The van der Waals surface area contributed by atoms with Gasteiger partial charge in [-0.15, -0.1) is 0 Å². The molecule has 0 bridgehead atoms. The molecule has 0 aliphatic heterocycles. The number of hydrogen-bond acceptors (Lipinski definition) is 4. The fourth-order valence-electron chi connectivity index (χ4n) is 2.91. The van der Waals surface area contributed by atoms with Crippen molar-refractivity contribution in [2.45, 2.75) is 24.4 Å². The van der Waals surface area contributed by atoms with Gasteiger partial charge >= 0.3 is 0 Å². The van der Waals surface area contributed by atoms with Gasteiger partial charge in [0.2, 0.25) is 10.0 Å². The van der Waals surface area contributed by atoms with E-state index in [-0.39, 0.29) is 10.9 Å². The summed E-state index contributed by atoms with van der Waals surface area (Å²) >= 11 is 6.05. The van der Waals surface area contributed by atoms with Gasteiger partial charge in [0.25, 0.3) is 0 Å². The third-order valence-corrected chi connectivity index (χ3v) is 5.84. The Kier molecular flexibility index (Phi) is 5.07. The second kappa shape index (κ2) is 7.00. The summed E-state index contributed by atoms with van der Waals surface area (Å²) in [6.45, 7) is 2.70. The second-order valence-corrected chi connectivity index (χ2v) is 8.42. The number of benzene rings is 2. The van der Waals surface area contributed by atoms with Crippen molar-refractivity contribution < 1.29 is 8.42 Å². The Labute approximate surface area is 158 Å².